The monoisotopic (exact) mass is 371 g/mol. The predicted octanol–water partition coefficient (Wildman–Crippen LogP) is 3.30. The molecular formula is C20H25N3O4. The van der Waals surface area contributed by atoms with Crippen LogP contribution in [-0.2, 0) is 4.74 Å². The summed E-state index contributed by atoms with van der Waals surface area (Å²) in [5.74, 6) is 1.72. The van der Waals surface area contributed by atoms with Crippen molar-refractivity contribution >= 4 is 5.91 Å². The summed E-state index contributed by atoms with van der Waals surface area (Å²) in [4.78, 5) is 19.0. The molecule has 2 fully saturated rings. The van der Waals surface area contributed by atoms with E-state index in [4.69, 9.17) is 14.0 Å². The van der Waals surface area contributed by atoms with E-state index in [0.717, 1.165) is 18.6 Å². The topological polar surface area (TPSA) is 77.7 Å². The zero-order valence-corrected chi connectivity index (χ0v) is 15.6. The normalized spacial score (nSPS) is 21.2. The maximum atomic E-state index is 13.0. The molecule has 1 aliphatic heterocycles. The van der Waals surface area contributed by atoms with Crippen LogP contribution < -0.4 is 4.74 Å². The third-order valence-electron chi connectivity index (χ3n) is 5.17. The van der Waals surface area contributed by atoms with Gasteiger partial charge in [0.15, 0.2) is 5.82 Å². The van der Waals surface area contributed by atoms with Crippen LogP contribution >= 0.6 is 0 Å². The molecule has 7 heteroatoms. The highest BCUT2D eigenvalue weighted by atomic mass is 16.5. The molecule has 27 heavy (non-hydrogen) atoms. The van der Waals surface area contributed by atoms with Gasteiger partial charge in [-0.2, -0.15) is 4.98 Å². The lowest BCUT2D eigenvalue weighted by atomic mass is 9.98. The van der Waals surface area contributed by atoms with Crippen LogP contribution in [0.5, 0.6) is 5.75 Å². The van der Waals surface area contributed by atoms with Crippen LogP contribution in [0, 0.1) is 6.92 Å². The fraction of sp³-hybridized carbons (Fsp3) is 0.550. The Morgan fingerprint density at radius 2 is 1.96 bits per heavy atom. The average Bonchev–Trinajstić information content (AvgIpc) is 3.15. The van der Waals surface area contributed by atoms with Gasteiger partial charge in [0.25, 0.3) is 11.8 Å². The van der Waals surface area contributed by atoms with Gasteiger partial charge in [0.1, 0.15) is 11.8 Å². The van der Waals surface area contributed by atoms with Crippen LogP contribution in [0.15, 0.2) is 28.8 Å². The second-order valence-corrected chi connectivity index (χ2v) is 7.17. The van der Waals surface area contributed by atoms with Crippen LogP contribution in [0.2, 0.25) is 0 Å². The number of amides is 1. The van der Waals surface area contributed by atoms with Crippen molar-refractivity contribution in [1.82, 2.24) is 15.0 Å². The fourth-order valence-corrected chi connectivity index (χ4v) is 3.72. The van der Waals surface area contributed by atoms with E-state index in [0.29, 0.717) is 43.1 Å². The van der Waals surface area contributed by atoms with Gasteiger partial charge in [0.05, 0.1) is 19.3 Å². The highest BCUT2D eigenvalue weighted by molar-refractivity contribution is 5.94. The van der Waals surface area contributed by atoms with Gasteiger partial charge < -0.3 is 18.9 Å². The Morgan fingerprint density at radius 1 is 1.19 bits per heavy atom. The summed E-state index contributed by atoms with van der Waals surface area (Å²) in [5, 5.41) is 3.83. The Hall–Kier alpha value is -2.41. The summed E-state index contributed by atoms with van der Waals surface area (Å²) >= 11 is 0. The van der Waals surface area contributed by atoms with Gasteiger partial charge in [0, 0.05) is 12.1 Å². The van der Waals surface area contributed by atoms with E-state index < -0.39 is 0 Å². The molecule has 0 bridgehead atoms. The summed E-state index contributed by atoms with van der Waals surface area (Å²) in [6.07, 6.45) is 6.28. The maximum Gasteiger partial charge on any atom is 0.254 e. The third-order valence-corrected chi connectivity index (χ3v) is 5.17. The predicted molar refractivity (Wildman–Crippen MR) is 97.6 cm³/mol. The van der Waals surface area contributed by atoms with Crippen molar-refractivity contribution in [3.8, 4) is 5.75 Å². The van der Waals surface area contributed by atoms with Gasteiger partial charge >= 0.3 is 0 Å². The van der Waals surface area contributed by atoms with Crippen LogP contribution in [0.3, 0.4) is 0 Å². The molecule has 1 unspecified atom stereocenters. The molecule has 1 aromatic carbocycles. The molecule has 1 aliphatic carbocycles. The first-order valence-corrected chi connectivity index (χ1v) is 9.66. The Labute approximate surface area is 158 Å². The molecule has 1 aromatic heterocycles. The molecule has 1 saturated heterocycles. The lowest BCUT2D eigenvalue weighted by Gasteiger charge is -2.33. The van der Waals surface area contributed by atoms with E-state index in [1.807, 2.05) is 24.3 Å². The van der Waals surface area contributed by atoms with Crippen LogP contribution in [0.25, 0.3) is 0 Å². The van der Waals surface area contributed by atoms with Crippen LogP contribution in [0.4, 0.5) is 0 Å². The van der Waals surface area contributed by atoms with E-state index in [2.05, 4.69) is 10.1 Å². The van der Waals surface area contributed by atoms with Crippen molar-refractivity contribution in [1.29, 1.82) is 0 Å². The molecule has 7 nitrogen and oxygen atoms in total. The van der Waals surface area contributed by atoms with Gasteiger partial charge in [-0.3, -0.25) is 4.79 Å². The maximum absolute atomic E-state index is 13.0. The zero-order chi connectivity index (χ0) is 18.6. The molecular weight excluding hydrogens is 346 g/mol. The molecule has 0 N–H and O–H groups in total. The Kier molecular flexibility index (Phi) is 5.38. The minimum atomic E-state index is -0.356. The molecule has 2 aromatic rings. The number of nitrogens with zero attached hydrogens (tertiary/aromatic N) is 3. The number of rotatable bonds is 4. The van der Waals surface area contributed by atoms with Gasteiger partial charge in [-0.25, -0.2) is 0 Å². The second-order valence-electron chi connectivity index (χ2n) is 7.17. The first-order chi connectivity index (χ1) is 13.2. The number of carbonyl (C=O) groups is 1. The Balaban J connectivity index is 1.45. The number of aryl methyl sites for hydroxylation is 1. The highest BCUT2D eigenvalue weighted by Crippen LogP contribution is 2.27. The molecule has 2 aliphatic rings. The summed E-state index contributed by atoms with van der Waals surface area (Å²) in [6, 6.07) is 7.06. The van der Waals surface area contributed by atoms with Crippen molar-refractivity contribution in [2.75, 3.05) is 19.8 Å². The first-order valence-electron chi connectivity index (χ1n) is 9.66. The highest BCUT2D eigenvalue weighted by Gasteiger charge is 2.33. The molecule has 0 spiro atoms. The van der Waals surface area contributed by atoms with Crippen molar-refractivity contribution in [3.05, 3.63) is 41.5 Å². The largest absolute Gasteiger partial charge is 0.490 e. The van der Waals surface area contributed by atoms with Crippen LogP contribution in [0.1, 0.15) is 60.2 Å². The van der Waals surface area contributed by atoms with Crippen LogP contribution in [-0.4, -0.2) is 46.8 Å². The molecule has 2 heterocycles. The number of benzene rings is 1. The Bertz CT molecular complexity index is 768. The number of morpholine rings is 1. The van der Waals surface area contributed by atoms with Gasteiger partial charge in [-0.15, -0.1) is 0 Å². The molecule has 4 rings (SSSR count). The molecule has 0 radical (unpaired) electrons. The third kappa shape index (κ3) is 4.13. The first kappa shape index (κ1) is 18.0. The smallest absolute Gasteiger partial charge is 0.254 e. The van der Waals surface area contributed by atoms with Crippen molar-refractivity contribution in [2.24, 2.45) is 0 Å². The number of carbonyl (C=O) groups excluding carboxylic acids is 1. The lowest BCUT2D eigenvalue weighted by molar-refractivity contribution is -0.0119. The number of aromatic nitrogens is 2. The summed E-state index contributed by atoms with van der Waals surface area (Å²) < 4.78 is 16.8. The average molecular weight is 371 g/mol. The quantitative estimate of drug-likeness (QED) is 0.821. The zero-order valence-electron chi connectivity index (χ0n) is 15.6. The van der Waals surface area contributed by atoms with E-state index in [1.165, 1.54) is 19.3 Å². The van der Waals surface area contributed by atoms with Gasteiger partial charge in [-0.1, -0.05) is 11.6 Å². The lowest BCUT2D eigenvalue weighted by Crippen LogP contribution is -2.43. The van der Waals surface area contributed by atoms with E-state index >= 15 is 0 Å². The molecule has 144 valence electrons. The van der Waals surface area contributed by atoms with E-state index in [9.17, 15) is 4.79 Å². The standard InChI is InChI=1S/C20H25N3O4/c1-14-21-19(27-22-14)18-13-25-12-11-23(18)20(24)15-7-9-17(10-8-15)26-16-5-3-2-4-6-16/h7-10,16,18H,2-6,11-13H2,1H3. The van der Waals surface area contributed by atoms with E-state index in [-0.39, 0.29) is 11.9 Å². The fourth-order valence-electron chi connectivity index (χ4n) is 3.72. The Morgan fingerprint density at radius 3 is 2.67 bits per heavy atom. The van der Waals surface area contributed by atoms with E-state index in [1.54, 1.807) is 11.8 Å². The summed E-state index contributed by atoms with van der Waals surface area (Å²) in [5.41, 5.74) is 0.620. The van der Waals surface area contributed by atoms with Crippen molar-refractivity contribution in [2.45, 2.75) is 51.2 Å². The van der Waals surface area contributed by atoms with Gasteiger partial charge in [-0.05, 0) is 56.9 Å². The minimum absolute atomic E-state index is 0.0663. The second kappa shape index (κ2) is 8.08. The number of ether oxygens (including phenoxy) is 2. The molecule has 1 amide bonds. The molecule has 1 atom stereocenters. The van der Waals surface area contributed by atoms with Crippen molar-refractivity contribution < 1.29 is 18.8 Å². The summed E-state index contributed by atoms with van der Waals surface area (Å²) in [6.45, 7) is 3.10. The number of hydrogen-bond donors (Lipinski definition) is 0. The van der Waals surface area contributed by atoms with Crippen molar-refractivity contribution in [3.63, 3.8) is 0 Å². The summed E-state index contributed by atoms with van der Waals surface area (Å²) in [7, 11) is 0. The minimum Gasteiger partial charge on any atom is -0.490 e. The molecule has 1 saturated carbocycles. The SMILES string of the molecule is Cc1noc(C2COCCN2C(=O)c2ccc(OC3CCCCC3)cc2)n1. The number of hydrogen-bond acceptors (Lipinski definition) is 6. The van der Waals surface area contributed by atoms with Gasteiger partial charge in [0.2, 0.25) is 0 Å².